The van der Waals surface area contributed by atoms with Crippen molar-refractivity contribution in [3.8, 4) is 0 Å². The molecule has 0 aliphatic heterocycles. The van der Waals surface area contributed by atoms with Crippen molar-refractivity contribution in [1.29, 1.82) is 0 Å². The molecule has 0 spiro atoms. The van der Waals surface area contributed by atoms with E-state index in [0.717, 1.165) is 0 Å². The molecule has 1 amide bonds. The Kier molecular flexibility index (Phi) is 4.08. The molecule has 0 radical (unpaired) electrons. The van der Waals surface area contributed by atoms with Crippen LogP contribution in [0.1, 0.15) is 17.3 Å². The predicted octanol–water partition coefficient (Wildman–Crippen LogP) is 2.67. The van der Waals surface area contributed by atoms with Crippen LogP contribution in [-0.4, -0.2) is 17.0 Å². The van der Waals surface area contributed by atoms with Crippen molar-refractivity contribution >= 4 is 34.6 Å². The molecule has 2 aromatic carbocycles. The van der Waals surface area contributed by atoms with Crippen LogP contribution in [-0.2, 0) is 4.79 Å². The van der Waals surface area contributed by atoms with Gasteiger partial charge in [-0.2, -0.15) is 0 Å². The summed E-state index contributed by atoms with van der Waals surface area (Å²) in [5.74, 6) is -1.25. The van der Waals surface area contributed by atoms with E-state index in [1.165, 1.54) is 13.0 Å². The lowest BCUT2D eigenvalue weighted by Crippen LogP contribution is -2.07. The first-order chi connectivity index (χ1) is 9.97. The van der Waals surface area contributed by atoms with Gasteiger partial charge in [-0.05, 0) is 30.3 Å². The van der Waals surface area contributed by atoms with E-state index in [-0.39, 0.29) is 11.5 Å². The molecule has 0 fully saturated rings. The number of hydrogen-bond donors (Lipinski definition) is 4. The maximum absolute atomic E-state index is 11.2. The SMILES string of the molecule is CC(=O)Nc1cccc(Nc2c(N)cccc2C(=O)O)c1. The highest BCUT2D eigenvalue weighted by atomic mass is 16.4. The molecule has 0 bridgehead atoms. The smallest absolute Gasteiger partial charge is 0.337 e. The number of rotatable bonds is 4. The molecule has 2 rings (SSSR count). The molecule has 0 aliphatic carbocycles. The number of carbonyl (C=O) groups is 2. The van der Waals surface area contributed by atoms with Gasteiger partial charge in [0, 0.05) is 18.3 Å². The maximum atomic E-state index is 11.2. The van der Waals surface area contributed by atoms with Crippen molar-refractivity contribution < 1.29 is 14.7 Å². The zero-order valence-electron chi connectivity index (χ0n) is 11.4. The number of nitrogen functional groups attached to an aromatic ring is 1. The van der Waals surface area contributed by atoms with Crippen LogP contribution in [0, 0.1) is 0 Å². The van der Waals surface area contributed by atoms with Gasteiger partial charge in [-0.15, -0.1) is 0 Å². The number of benzene rings is 2. The van der Waals surface area contributed by atoms with E-state index in [0.29, 0.717) is 22.7 Å². The van der Waals surface area contributed by atoms with Gasteiger partial charge in [0.25, 0.3) is 0 Å². The molecule has 6 heteroatoms. The van der Waals surface area contributed by atoms with Crippen LogP contribution in [0.3, 0.4) is 0 Å². The summed E-state index contributed by atoms with van der Waals surface area (Å²) in [5.41, 5.74) is 7.81. The van der Waals surface area contributed by atoms with Gasteiger partial charge in [0.15, 0.2) is 0 Å². The van der Waals surface area contributed by atoms with Gasteiger partial charge < -0.3 is 21.5 Å². The number of para-hydroxylation sites is 1. The Morgan fingerprint density at radius 2 is 1.76 bits per heavy atom. The van der Waals surface area contributed by atoms with Gasteiger partial charge in [-0.1, -0.05) is 12.1 Å². The Morgan fingerprint density at radius 1 is 1.10 bits per heavy atom. The number of amides is 1. The molecule has 0 aromatic heterocycles. The number of hydrogen-bond acceptors (Lipinski definition) is 4. The lowest BCUT2D eigenvalue weighted by atomic mass is 10.1. The first-order valence-electron chi connectivity index (χ1n) is 6.24. The summed E-state index contributed by atoms with van der Waals surface area (Å²) in [5, 5.41) is 14.8. The minimum absolute atomic E-state index is 0.0833. The van der Waals surface area contributed by atoms with Crippen LogP contribution < -0.4 is 16.4 Å². The van der Waals surface area contributed by atoms with Crippen molar-refractivity contribution in [2.75, 3.05) is 16.4 Å². The van der Waals surface area contributed by atoms with Gasteiger partial charge in [0.1, 0.15) is 0 Å². The quantitative estimate of drug-likeness (QED) is 0.646. The Morgan fingerprint density at radius 3 is 2.43 bits per heavy atom. The average Bonchev–Trinajstić information content (AvgIpc) is 2.40. The first-order valence-corrected chi connectivity index (χ1v) is 6.24. The molecule has 6 nitrogen and oxygen atoms in total. The van der Waals surface area contributed by atoms with E-state index < -0.39 is 5.97 Å². The molecule has 5 N–H and O–H groups in total. The molecule has 0 aliphatic rings. The number of aromatic carboxylic acids is 1. The third kappa shape index (κ3) is 3.50. The first kappa shape index (κ1) is 14.4. The fourth-order valence-corrected chi connectivity index (χ4v) is 1.91. The summed E-state index contributed by atoms with van der Waals surface area (Å²) < 4.78 is 0. The molecular weight excluding hydrogens is 270 g/mol. The van der Waals surface area contributed by atoms with E-state index in [4.69, 9.17) is 5.73 Å². The Labute approximate surface area is 121 Å². The normalized spacial score (nSPS) is 9.95. The third-order valence-corrected chi connectivity index (χ3v) is 2.78. The summed E-state index contributed by atoms with van der Waals surface area (Å²) in [6.07, 6.45) is 0. The number of carbonyl (C=O) groups excluding carboxylic acids is 1. The topological polar surface area (TPSA) is 104 Å². The van der Waals surface area contributed by atoms with Gasteiger partial charge in [0.05, 0.1) is 16.9 Å². The van der Waals surface area contributed by atoms with Gasteiger partial charge in [-0.3, -0.25) is 4.79 Å². The van der Waals surface area contributed by atoms with Gasteiger partial charge >= 0.3 is 5.97 Å². The van der Waals surface area contributed by atoms with Gasteiger partial charge in [0.2, 0.25) is 5.91 Å². The molecule has 0 heterocycles. The minimum atomic E-state index is -1.07. The highest BCUT2D eigenvalue weighted by Crippen LogP contribution is 2.28. The van der Waals surface area contributed by atoms with Crippen molar-refractivity contribution in [1.82, 2.24) is 0 Å². The van der Waals surface area contributed by atoms with E-state index in [1.807, 2.05) is 0 Å². The van der Waals surface area contributed by atoms with Gasteiger partial charge in [-0.25, -0.2) is 4.79 Å². The third-order valence-electron chi connectivity index (χ3n) is 2.78. The lowest BCUT2D eigenvalue weighted by molar-refractivity contribution is -0.114. The number of nitrogens with one attached hydrogen (secondary N) is 2. The van der Waals surface area contributed by atoms with Crippen LogP contribution in [0.2, 0.25) is 0 Å². The van der Waals surface area contributed by atoms with Crippen LogP contribution in [0.15, 0.2) is 42.5 Å². The number of anilines is 4. The zero-order valence-corrected chi connectivity index (χ0v) is 11.4. The van der Waals surface area contributed by atoms with Crippen LogP contribution in [0.4, 0.5) is 22.7 Å². The van der Waals surface area contributed by atoms with E-state index in [1.54, 1.807) is 36.4 Å². The number of carboxylic acid groups (broad SMARTS) is 1. The summed E-state index contributed by atoms with van der Waals surface area (Å²) in [7, 11) is 0. The van der Waals surface area contributed by atoms with Crippen LogP contribution >= 0.6 is 0 Å². The zero-order chi connectivity index (χ0) is 15.4. The number of nitrogens with two attached hydrogens (primary N) is 1. The maximum Gasteiger partial charge on any atom is 0.337 e. The number of carboxylic acids is 1. The molecule has 2 aromatic rings. The summed E-state index contributed by atoms with van der Waals surface area (Å²) >= 11 is 0. The average molecular weight is 285 g/mol. The van der Waals surface area contributed by atoms with Crippen molar-refractivity contribution in [3.05, 3.63) is 48.0 Å². The highest BCUT2D eigenvalue weighted by Gasteiger charge is 2.12. The Bertz CT molecular complexity index is 698. The summed E-state index contributed by atoms with van der Waals surface area (Å²) in [6.45, 7) is 1.41. The van der Waals surface area contributed by atoms with E-state index in [9.17, 15) is 14.7 Å². The van der Waals surface area contributed by atoms with Crippen molar-refractivity contribution in [2.45, 2.75) is 6.92 Å². The molecule has 0 saturated carbocycles. The second-order valence-electron chi connectivity index (χ2n) is 4.46. The molecule has 0 atom stereocenters. The minimum Gasteiger partial charge on any atom is -0.478 e. The molecule has 108 valence electrons. The van der Waals surface area contributed by atoms with Crippen LogP contribution in [0.5, 0.6) is 0 Å². The highest BCUT2D eigenvalue weighted by molar-refractivity contribution is 5.99. The molecule has 0 unspecified atom stereocenters. The Hall–Kier alpha value is -3.02. The second-order valence-corrected chi connectivity index (χ2v) is 4.46. The van der Waals surface area contributed by atoms with Crippen molar-refractivity contribution in [3.63, 3.8) is 0 Å². The van der Waals surface area contributed by atoms with Crippen LogP contribution in [0.25, 0.3) is 0 Å². The fraction of sp³-hybridized carbons (Fsp3) is 0.0667. The molecule has 21 heavy (non-hydrogen) atoms. The predicted molar refractivity (Wildman–Crippen MR) is 81.8 cm³/mol. The lowest BCUT2D eigenvalue weighted by Gasteiger charge is -2.13. The standard InChI is InChI=1S/C15H15N3O3/c1-9(19)17-10-4-2-5-11(8-10)18-14-12(15(20)21)6-3-7-13(14)16/h2-8,18H,16H2,1H3,(H,17,19)(H,20,21). The summed E-state index contributed by atoms with van der Waals surface area (Å²) in [6, 6.07) is 11.6. The Balaban J connectivity index is 2.34. The van der Waals surface area contributed by atoms with E-state index in [2.05, 4.69) is 10.6 Å². The monoisotopic (exact) mass is 285 g/mol. The van der Waals surface area contributed by atoms with Crippen molar-refractivity contribution in [2.24, 2.45) is 0 Å². The second kappa shape index (κ2) is 5.96. The van der Waals surface area contributed by atoms with E-state index >= 15 is 0 Å². The molecular formula is C15H15N3O3. The fourth-order valence-electron chi connectivity index (χ4n) is 1.91. The summed E-state index contributed by atoms with van der Waals surface area (Å²) in [4.78, 5) is 22.3. The largest absolute Gasteiger partial charge is 0.478 e. The molecule has 0 saturated heterocycles.